The molecule has 0 saturated carbocycles. The molecule has 12 heavy (non-hydrogen) atoms. The van der Waals surface area contributed by atoms with E-state index in [1.54, 1.807) is 0 Å². The van der Waals surface area contributed by atoms with Crippen molar-refractivity contribution in [2.24, 2.45) is 5.16 Å². The van der Waals surface area contributed by atoms with E-state index in [0.717, 1.165) is 11.1 Å². The van der Waals surface area contributed by atoms with Crippen molar-refractivity contribution in [2.45, 2.75) is 0 Å². The van der Waals surface area contributed by atoms with Gasteiger partial charge in [0.1, 0.15) is 0 Å². The molecule has 2 heterocycles. The van der Waals surface area contributed by atoms with Gasteiger partial charge in [0.25, 0.3) is 0 Å². The molecule has 0 saturated heterocycles. The van der Waals surface area contributed by atoms with Gasteiger partial charge in [-0.05, 0) is 24.3 Å². The first-order valence-corrected chi connectivity index (χ1v) is 3.65. The first-order chi connectivity index (χ1) is 5.92. The average molecular weight is 160 g/mol. The highest BCUT2D eigenvalue weighted by molar-refractivity contribution is 5.88. The van der Waals surface area contributed by atoms with Crippen LogP contribution in [0.25, 0.3) is 5.52 Å². The zero-order valence-corrected chi connectivity index (χ0v) is 6.38. The van der Waals surface area contributed by atoms with E-state index in [1.807, 2.05) is 41.1 Å². The summed E-state index contributed by atoms with van der Waals surface area (Å²) in [5.41, 5.74) is 1.94. The van der Waals surface area contributed by atoms with Crippen molar-refractivity contribution < 1.29 is 5.21 Å². The minimum atomic E-state index is 0.907. The van der Waals surface area contributed by atoms with E-state index in [1.165, 1.54) is 6.21 Å². The normalized spacial score (nSPS) is 11.3. The Morgan fingerprint density at radius 2 is 2.00 bits per heavy atom. The molecule has 0 spiro atoms. The lowest BCUT2D eigenvalue weighted by Gasteiger charge is -1.96. The fourth-order valence-corrected chi connectivity index (χ4v) is 1.26. The first-order valence-electron chi connectivity index (χ1n) is 3.65. The Bertz CT molecular complexity index is 417. The standard InChI is InChI=1S/C9H8N2O/c12-10-7-8-3-1-5-11-6-2-4-9(8)11/h1-7,12H. The summed E-state index contributed by atoms with van der Waals surface area (Å²) in [5, 5.41) is 11.4. The van der Waals surface area contributed by atoms with E-state index < -0.39 is 0 Å². The Labute approximate surface area is 69.6 Å². The maximum atomic E-state index is 8.38. The van der Waals surface area contributed by atoms with Crippen LogP contribution in [-0.4, -0.2) is 15.8 Å². The fraction of sp³-hybridized carbons (Fsp3) is 0. The Hall–Kier alpha value is -1.77. The number of nitrogens with zero attached hydrogens (tertiary/aromatic N) is 2. The highest BCUT2D eigenvalue weighted by atomic mass is 16.4. The summed E-state index contributed by atoms with van der Waals surface area (Å²) in [7, 11) is 0. The van der Waals surface area contributed by atoms with Crippen LogP contribution in [0.1, 0.15) is 5.56 Å². The van der Waals surface area contributed by atoms with E-state index in [0.29, 0.717) is 0 Å². The monoisotopic (exact) mass is 160 g/mol. The number of hydrogen-bond donors (Lipinski definition) is 1. The zero-order chi connectivity index (χ0) is 8.39. The van der Waals surface area contributed by atoms with Crippen LogP contribution in [0.4, 0.5) is 0 Å². The average Bonchev–Trinajstić information content (AvgIpc) is 2.53. The first kappa shape index (κ1) is 6.91. The number of fused-ring (bicyclic) bond motifs is 1. The number of rotatable bonds is 1. The Kier molecular flexibility index (Phi) is 1.55. The molecule has 0 unspecified atom stereocenters. The van der Waals surface area contributed by atoms with E-state index in [9.17, 15) is 0 Å². The molecule has 0 aliphatic carbocycles. The van der Waals surface area contributed by atoms with Crippen LogP contribution in [0.3, 0.4) is 0 Å². The van der Waals surface area contributed by atoms with Crippen molar-refractivity contribution in [3.05, 3.63) is 42.2 Å². The minimum absolute atomic E-state index is 0.907. The van der Waals surface area contributed by atoms with Crippen LogP contribution in [0.15, 0.2) is 41.8 Å². The van der Waals surface area contributed by atoms with Gasteiger partial charge < -0.3 is 9.61 Å². The summed E-state index contributed by atoms with van der Waals surface area (Å²) in [6.07, 6.45) is 5.32. The SMILES string of the molecule is ON=Cc1cccn2cccc12. The molecule has 3 heteroatoms. The van der Waals surface area contributed by atoms with Crippen molar-refractivity contribution >= 4 is 11.7 Å². The highest BCUT2D eigenvalue weighted by Crippen LogP contribution is 2.08. The van der Waals surface area contributed by atoms with E-state index in [-0.39, 0.29) is 0 Å². The molecule has 1 N–H and O–H groups in total. The minimum Gasteiger partial charge on any atom is -0.411 e. The lowest BCUT2D eigenvalue weighted by molar-refractivity contribution is 0.322. The van der Waals surface area contributed by atoms with Crippen molar-refractivity contribution in [3.63, 3.8) is 0 Å². The van der Waals surface area contributed by atoms with Gasteiger partial charge in [0.15, 0.2) is 0 Å². The smallest absolute Gasteiger partial charge is 0.0754 e. The van der Waals surface area contributed by atoms with Crippen molar-refractivity contribution in [2.75, 3.05) is 0 Å². The van der Waals surface area contributed by atoms with Crippen LogP contribution in [0, 0.1) is 0 Å². The molecule has 60 valence electrons. The predicted octanol–water partition coefficient (Wildman–Crippen LogP) is 1.75. The summed E-state index contributed by atoms with van der Waals surface area (Å²) in [6.45, 7) is 0. The van der Waals surface area contributed by atoms with E-state index >= 15 is 0 Å². The third kappa shape index (κ3) is 0.955. The Morgan fingerprint density at radius 3 is 2.75 bits per heavy atom. The van der Waals surface area contributed by atoms with Crippen LogP contribution in [-0.2, 0) is 0 Å². The number of aromatic nitrogens is 1. The summed E-state index contributed by atoms with van der Waals surface area (Å²) in [4.78, 5) is 0. The van der Waals surface area contributed by atoms with E-state index in [2.05, 4.69) is 5.16 Å². The molecule has 2 rings (SSSR count). The van der Waals surface area contributed by atoms with E-state index in [4.69, 9.17) is 5.21 Å². The van der Waals surface area contributed by atoms with Crippen LogP contribution in [0.5, 0.6) is 0 Å². The lowest BCUT2D eigenvalue weighted by Crippen LogP contribution is -1.87. The van der Waals surface area contributed by atoms with Gasteiger partial charge in [-0.2, -0.15) is 0 Å². The molecule has 0 amide bonds. The molecule has 0 radical (unpaired) electrons. The van der Waals surface area contributed by atoms with Gasteiger partial charge in [0, 0.05) is 18.0 Å². The summed E-state index contributed by atoms with van der Waals surface area (Å²) in [5.74, 6) is 0. The second-order valence-corrected chi connectivity index (χ2v) is 2.51. The Morgan fingerprint density at radius 1 is 1.25 bits per heavy atom. The topological polar surface area (TPSA) is 37.0 Å². The maximum Gasteiger partial charge on any atom is 0.0754 e. The Balaban J connectivity index is 2.73. The number of pyridine rings is 1. The molecule has 2 aromatic rings. The molecule has 0 fully saturated rings. The van der Waals surface area contributed by atoms with Gasteiger partial charge in [0.2, 0.25) is 0 Å². The molecule has 0 aliphatic rings. The molecule has 0 bridgehead atoms. The van der Waals surface area contributed by atoms with Crippen molar-refractivity contribution in [3.8, 4) is 0 Å². The number of hydrogen-bond acceptors (Lipinski definition) is 2. The van der Waals surface area contributed by atoms with Gasteiger partial charge in [-0.3, -0.25) is 0 Å². The maximum absolute atomic E-state index is 8.38. The summed E-state index contributed by atoms with van der Waals surface area (Å²) < 4.78 is 1.97. The molecule has 0 atom stereocenters. The molecular formula is C9H8N2O. The van der Waals surface area contributed by atoms with Crippen LogP contribution >= 0.6 is 0 Å². The van der Waals surface area contributed by atoms with Crippen molar-refractivity contribution in [1.82, 2.24) is 4.40 Å². The predicted molar refractivity (Wildman–Crippen MR) is 46.8 cm³/mol. The highest BCUT2D eigenvalue weighted by Gasteiger charge is 1.95. The molecule has 0 aromatic carbocycles. The molecule has 0 aliphatic heterocycles. The fourth-order valence-electron chi connectivity index (χ4n) is 1.26. The van der Waals surface area contributed by atoms with Gasteiger partial charge in [-0.1, -0.05) is 5.16 Å². The lowest BCUT2D eigenvalue weighted by atomic mass is 10.2. The quantitative estimate of drug-likeness (QED) is 0.385. The van der Waals surface area contributed by atoms with Crippen LogP contribution < -0.4 is 0 Å². The second kappa shape index (κ2) is 2.70. The third-order valence-corrected chi connectivity index (χ3v) is 1.79. The van der Waals surface area contributed by atoms with Gasteiger partial charge in [-0.15, -0.1) is 0 Å². The largest absolute Gasteiger partial charge is 0.411 e. The van der Waals surface area contributed by atoms with Gasteiger partial charge >= 0.3 is 0 Å². The molecular weight excluding hydrogens is 152 g/mol. The van der Waals surface area contributed by atoms with Crippen molar-refractivity contribution in [1.29, 1.82) is 0 Å². The van der Waals surface area contributed by atoms with Gasteiger partial charge in [-0.25, -0.2) is 0 Å². The second-order valence-electron chi connectivity index (χ2n) is 2.51. The van der Waals surface area contributed by atoms with Crippen LogP contribution in [0.2, 0.25) is 0 Å². The molecule has 3 nitrogen and oxygen atoms in total. The number of oxime groups is 1. The summed E-state index contributed by atoms with van der Waals surface area (Å²) >= 11 is 0. The molecule has 2 aromatic heterocycles. The zero-order valence-electron chi connectivity index (χ0n) is 6.38. The van der Waals surface area contributed by atoms with Gasteiger partial charge in [0.05, 0.1) is 11.7 Å². The summed E-state index contributed by atoms with van der Waals surface area (Å²) in [6, 6.07) is 7.72. The third-order valence-electron chi connectivity index (χ3n) is 1.79.